The van der Waals surface area contributed by atoms with Gasteiger partial charge < -0.3 is 9.64 Å². The number of carbonyl (C=O) groups is 1. The predicted molar refractivity (Wildman–Crippen MR) is 136 cm³/mol. The number of nitrogens with zero attached hydrogens (tertiary/aromatic N) is 3. The number of hydrogen-bond donors (Lipinski definition) is 0. The summed E-state index contributed by atoms with van der Waals surface area (Å²) in [4.78, 5) is 18.1. The highest BCUT2D eigenvalue weighted by Gasteiger charge is 2.30. The van der Waals surface area contributed by atoms with Crippen molar-refractivity contribution < 1.29 is 17.9 Å². The Bertz CT molecular complexity index is 1110. The van der Waals surface area contributed by atoms with Crippen LogP contribution in [0.5, 0.6) is 0 Å². The summed E-state index contributed by atoms with van der Waals surface area (Å²) in [7, 11) is -3.68. The van der Waals surface area contributed by atoms with Crippen molar-refractivity contribution in [2.45, 2.75) is 9.79 Å². The van der Waals surface area contributed by atoms with Gasteiger partial charge in [-0.05, 0) is 30.0 Å². The summed E-state index contributed by atoms with van der Waals surface area (Å²) in [5.74, 6) is -0.139. The minimum atomic E-state index is -3.68. The van der Waals surface area contributed by atoms with Crippen molar-refractivity contribution in [1.82, 2.24) is 14.1 Å². The molecular formula is C25H31N3O4S2. The summed E-state index contributed by atoms with van der Waals surface area (Å²) in [6.45, 7) is 5.02. The molecule has 4 rings (SSSR count). The first kappa shape index (κ1) is 24.9. The largest absolute Gasteiger partial charge is 0.378 e. The molecule has 34 heavy (non-hydrogen) atoms. The molecule has 2 aliphatic rings. The van der Waals surface area contributed by atoms with E-state index in [-0.39, 0.29) is 10.8 Å². The standard InChI is InChI=1S/C25H31N3O4S2/c1-33-24-10-9-22(20-23(24)25(29)27-16-18-32-19-17-27)34(30,31)28-14-12-26(13-15-28)11-5-8-21-6-3-2-4-7-21/h2-10,20H,11-19H2,1H3/b8-5+. The highest BCUT2D eigenvalue weighted by atomic mass is 32.2. The molecule has 9 heteroatoms. The van der Waals surface area contributed by atoms with Gasteiger partial charge in [0.25, 0.3) is 5.91 Å². The zero-order valence-corrected chi connectivity index (χ0v) is 21.1. The Morgan fingerprint density at radius 3 is 2.38 bits per heavy atom. The lowest BCUT2D eigenvalue weighted by Gasteiger charge is -2.33. The third kappa shape index (κ3) is 5.90. The molecule has 182 valence electrons. The first-order valence-electron chi connectivity index (χ1n) is 11.5. The van der Waals surface area contributed by atoms with Crippen LogP contribution in [0.15, 0.2) is 64.4 Å². The van der Waals surface area contributed by atoms with Gasteiger partial charge in [0.05, 0.1) is 23.7 Å². The predicted octanol–water partition coefficient (Wildman–Crippen LogP) is 2.90. The number of sulfonamides is 1. The van der Waals surface area contributed by atoms with Crippen molar-refractivity contribution in [2.75, 3.05) is 65.3 Å². The van der Waals surface area contributed by atoms with Gasteiger partial charge in [-0.3, -0.25) is 9.69 Å². The minimum Gasteiger partial charge on any atom is -0.378 e. The van der Waals surface area contributed by atoms with Crippen LogP contribution >= 0.6 is 11.8 Å². The van der Waals surface area contributed by atoms with Crippen LogP contribution in [0.2, 0.25) is 0 Å². The number of benzene rings is 2. The molecule has 0 radical (unpaired) electrons. The van der Waals surface area contributed by atoms with E-state index in [1.165, 1.54) is 16.1 Å². The quantitative estimate of drug-likeness (QED) is 0.544. The maximum Gasteiger partial charge on any atom is 0.255 e. The van der Waals surface area contributed by atoms with Crippen LogP contribution in [0, 0.1) is 0 Å². The Morgan fingerprint density at radius 1 is 1.00 bits per heavy atom. The molecule has 0 atom stereocenters. The molecule has 0 N–H and O–H groups in total. The number of hydrogen-bond acceptors (Lipinski definition) is 6. The van der Waals surface area contributed by atoms with E-state index < -0.39 is 10.0 Å². The fraction of sp³-hybridized carbons (Fsp3) is 0.400. The number of rotatable bonds is 7. The SMILES string of the molecule is CSc1ccc(S(=O)(=O)N2CCN(C/C=C/c3ccccc3)CC2)cc1C(=O)N1CCOCC1. The number of piperazine rings is 1. The fourth-order valence-electron chi connectivity index (χ4n) is 4.15. The average Bonchev–Trinajstić information content (AvgIpc) is 2.89. The molecule has 0 saturated carbocycles. The van der Waals surface area contributed by atoms with Gasteiger partial charge in [0, 0.05) is 50.7 Å². The van der Waals surface area contributed by atoms with E-state index in [2.05, 4.69) is 29.2 Å². The van der Waals surface area contributed by atoms with Crippen LogP contribution in [0.4, 0.5) is 0 Å². The maximum atomic E-state index is 13.4. The van der Waals surface area contributed by atoms with Gasteiger partial charge in [-0.25, -0.2) is 8.42 Å². The van der Waals surface area contributed by atoms with E-state index in [4.69, 9.17) is 4.74 Å². The Hall–Kier alpha value is -2.17. The van der Waals surface area contributed by atoms with E-state index in [1.54, 1.807) is 23.1 Å². The fourth-order valence-corrected chi connectivity index (χ4v) is 6.17. The Kier molecular flexibility index (Phi) is 8.44. The number of morpholine rings is 1. The zero-order chi connectivity index (χ0) is 24.0. The second-order valence-electron chi connectivity index (χ2n) is 8.28. The van der Waals surface area contributed by atoms with Crippen molar-refractivity contribution in [3.05, 3.63) is 65.7 Å². The highest BCUT2D eigenvalue weighted by Crippen LogP contribution is 2.27. The minimum absolute atomic E-state index is 0.139. The molecular weight excluding hydrogens is 470 g/mol. The van der Waals surface area contributed by atoms with Gasteiger partial charge in [-0.15, -0.1) is 11.8 Å². The number of thioether (sulfide) groups is 1. The Morgan fingerprint density at radius 2 is 1.71 bits per heavy atom. The van der Waals surface area contributed by atoms with Gasteiger partial charge in [-0.1, -0.05) is 42.5 Å². The van der Waals surface area contributed by atoms with E-state index in [0.29, 0.717) is 58.0 Å². The Labute approximate surface area is 206 Å². The van der Waals surface area contributed by atoms with Gasteiger partial charge in [-0.2, -0.15) is 4.31 Å². The number of amides is 1. The molecule has 2 saturated heterocycles. The summed E-state index contributed by atoms with van der Waals surface area (Å²) in [6.07, 6.45) is 6.10. The molecule has 0 bridgehead atoms. The van der Waals surface area contributed by atoms with Gasteiger partial charge in [0.2, 0.25) is 10.0 Å². The molecule has 7 nitrogen and oxygen atoms in total. The van der Waals surface area contributed by atoms with Crippen molar-refractivity contribution >= 4 is 33.8 Å². The molecule has 2 aromatic carbocycles. The average molecular weight is 502 g/mol. The summed E-state index contributed by atoms with van der Waals surface area (Å²) in [5.41, 5.74) is 1.60. The second kappa shape index (κ2) is 11.5. The molecule has 0 unspecified atom stereocenters. The monoisotopic (exact) mass is 501 g/mol. The highest BCUT2D eigenvalue weighted by molar-refractivity contribution is 7.98. The number of carbonyl (C=O) groups excluding carboxylic acids is 1. The van der Waals surface area contributed by atoms with Crippen LogP contribution in [0.3, 0.4) is 0 Å². The second-order valence-corrected chi connectivity index (χ2v) is 11.1. The lowest BCUT2D eigenvalue weighted by molar-refractivity contribution is 0.0300. The lowest BCUT2D eigenvalue weighted by Crippen LogP contribution is -2.48. The van der Waals surface area contributed by atoms with Crippen molar-refractivity contribution in [2.24, 2.45) is 0 Å². The van der Waals surface area contributed by atoms with Crippen LogP contribution < -0.4 is 0 Å². The van der Waals surface area contributed by atoms with Crippen molar-refractivity contribution in [3.8, 4) is 0 Å². The van der Waals surface area contributed by atoms with E-state index in [0.717, 1.165) is 17.0 Å². The van der Waals surface area contributed by atoms with Gasteiger partial charge >= 0.3 is 0 Å². The van der Waals surface area contributed by atoms with Crippen LogP contribution in [-0.2, 0) is 14.8 Å². The molecule has 2 aromatic rings. The third-order valence-electron chi connectivity index (χ3n) is 6.14. The van der Waals surface area contributed by atoms with Crippen LogP contribution in [0.1, 0.15) is 15.9 Å². The van der Waals surface area contributed by atoms with Crippen molar-refractivity contribution in [3.63, 3.8) is 0 Å². The normalized spacial score (nSPS) is 18.4. The molecule has 0 aliphatic carbocycles. The smallest absolute Gasteiger partial charge is 0.255 e. The molecule has 2 heterocycles. The van der Waals surface area contributed by atoms with Crippen molar-refractivity contribution in [1.29, 1.82) is 0 Å². The first-order chi connectivity index (χ1) is 16.5. The first-order valence-corrected chi connectivity index (χ1v) is 14.1. The van der Waals surface area contributed by atoms with Crippen LogP contribution in [-0.4, -0.2) is 93.7 Å². The third-order valence-corrected chi connectivity index (χ3v) is 8.83. The van der Waals surface area contributed by atoms with E-state index >= 15 is 0 Å². The maximum absolute atomic E-state index is 13.4. The van der Waals surface area contributed by atoms with Gasteiger partial charge in [0.1, 0.15) is 0 Å². The Balaban J connectivity index is 1.42. The number of ether oxygens (including phenoxy) is 1. The molecule has 1 amide bonds. The lowest BCUT2D eigenvalue weighted by atomic mass is 10.2. The topological polar surface area (TPSA) is 70.2 Å². The molecule has 0 spiro atoms. The summed E-state index contributed by atoms with van der Waals surface area (Å²) >= 11 is 1.45. The summed E-state index contributed by atoms with van der Waals surface area (Å²) in [5, 5.41) is 0. The summed E-state index contributed by atoms with van der Waals surface area (Å²) in [6, 6.07) is 15.0. The van der Waals surface area contributed by atoms with E-state index in [1.807, 2.05) is 24.5 Å². The molecule has 2 fully saturated rings. The van der Waals surface area contributed by atoms with E-state index in [9.17, 15) is 13.2 Å². The molecule has 2 aliphatic heterocycles. The molecule has 0 aromatic heterocycles. The zero-order valence-electron chi connectivity index (χ0n) is 19.4. The van der Waals surface area contributed by atoms with Gasteiger partial charge in [0.15, 0.2) is 0 Å². The summed E-state index contributed by atoms with van der Waals surface area (Å²) < 4.78 is 33.6. The van der Waals surface area contributed by atoms with Crippen LogP contribution in [0.25, 0.3) is 6.08 Å².